The molecule has 1 atom stereocenters. The summed E-state index contributed by atoms with van der Waals surface area (Å²) in [5.41, 5.74) is 2.14. The second-order valence-electron chi connectivity index (χ2n) is 5.73. The van der Waals surface area contributed by atoms with E-state index in [2.05, 4.69) is 37.2 Å². The van der Waals surface area contributed by atoms with Crippen LogP contribution >= 0.6 is 0 Å². The van der Waals surface area contributed by atoms with Crippen LogP contribution in [0.3, 0.4) is 0 Å². The number of nitrogens with one attached hydrogen (secondary N) is 1. The van der Waals surface area contributed by atoms with Gasteiger partial charge in [-0.25, -0.2) is 0 Å². The van der Waals surface area contributed by atoms with Gasteiger partial charge < -0.3 is 10.2 Å². The van der Waals surface area contributed by atoms with Crippen molar-refractivity contribution < 1.29 is 4.79 Å². The van der Waals surface area contributed by atoms with Crippen molar-refractivity contribution in [3.63, 3.8) is 0 Å². The third kappa shape index (κ3) is 6.30. The minimum atomic E-state index is 0.682. The summed E-state index contributed by atoms with van der Waals surface area (Å²) in [7, 11) is 2.23. The highest BCUT2D eigenvalue weighted by atomic mass is 16.1. The highest BCUT2D eigenvalue weighted by Crippen LogP contribution is 2.17. The number of hydrogen-bond acceptors (Lipinski definition) is 2. The molecule has 21 heavy (non-hydrogen) atoms. The van der Waals surface area contributed by atoms with Gasteiger partial charge >= 0.3 is 0 Å². The van der Waals surface area contributed by atoms with E-state index in [1.54, 1.807) is 0 Å². The van der Waals surface area contributed by atoms with E-state index in [9.17, 15) is 4.79 Å². The summed E-state index contributed by atoms with van der Waals surface area (Å²) in [6.45, 7) is 5.55. The van der Waals surface area contributed by atoms with Crippen LogP contribution in [-0.2, 0) is 11.2 Å². The van der Waals surface area contributed by atoms with E-state index in [0.717, 1.165) is 25.1 Å². The summed E-state index contributed by atoms with van der Waals surface area (Å²) < 4.78 is 0. The van der Waals surface area contributed by atoms with E-state index in [-0.39, 0.29) is 0 Å². The van der Waals surface area contributed by atoms with Gasteiger partial charge in [-0.3, -0.25) is 4.79 Å². The molecular formula is C18H30N2O. The largest absolute Gasteiger partial charge is 0.328 e. The number of nitrogens with zero attached hydrogens (tertiary/aromatic N) is 1. The number of para-hydroxylation sites is 1. The summed E-state index contributed by atoms with van der Waals surface area (Å²) in [5.74, 6) is 0. The van der Waals surface area contributed by atoms with Crippen molar-refractivity contribution in [2.24, 2.45) is 0 Å². The number of unbranched alkanes of at least 4 members (excludes halogenated alkanes) is 1. The van der Waals surface area contributed by atoms with Gasteiger partial charge in [-0.2, -0.15) is 0 Å². The number of amides is 1. The Morgan fingerprint density at radius 1 is 1.19 bits per heavy atom. The zero-order chi connectivity index (χ0) is 15.5. The summed E-state index contributed by atoms with van der Waals surface area (Å²) >= 11 is 0. The van der Waals surface area contributed by atoms with Crippen molar-refractivity contribution in [2.45, 2.75) is 58.4 Å². The molecule has 0 fully saturated rings. The third-order valence-electron chi connectivity index (χ3n) is 4.10. The molecule has 1 rings (SSSR count). The smallest absolute Gasteiger partial charge is 0.211 e. The second kappa shape index (κ2) is 10.4. The summed E-state index contributed by atoms with van der Waals surface area (Å²) in [6, 6.07) is 8.73. The molecule has 0 bridgehead atoms. The van der Waals surface area contributed by atoms with Crippen molar-refractivity contribution in [3.05, 3.63) is 29.8 Å². The zero-order valence-corrected chi connectivity index (χ0v) is 13.8. The zero-order valence-electron chi connectivity index (χ0n) is 13.8. The van der Waals surface area contributed by atoms with Gasteiger partial charge in [-0.05, 0) is 37.9 Å². The Kier molecular flexibility index (Phi) is 8.76. The number of rotatable bonds is 11. The van der Waals surface area contributed by atoms with Crippen LogP contribution in [0.25, 0.3) is 0 Å². The number of carbonyl (C=O) groups is 1. The molecule has 0 spiro atoms. The molecule has 0 aliphatic heterocycles. The average molecular weight is 290 g/mol. The molecule has 3 nitrogen and oxygen atoms in total. The fourth-order valence-electron chi connectivity index (χ4n) is 2.78. The number of carbonyl (C=O) groups excluding carboxylic acids is 1. The fraction of sp³-hybridized carbons (Fsp3) is 0.611. The molecule has 0 aliphatic carbocycles. The number of hydrogen-bond donors (Lipinski definition) is 1. The third-order valence-corrected chi connectivity index (χ3v) is 4.10. The van der Waals surface area contributed by atoms with E-state index >= 15 is 0 Å². The van der Waals surface area contributed by atoms with Gasteiger partial charge in [0.1, 0.15) is 0 Å². The number of anilines is 1. The van der Waals surface area contributed by atoms with Gasteiger partial charge in [0.15, 0.2) is 0 Å². The predicted molar refractivity (Wildman–Crippen MR) is 90.7 cm³/mol. The predicted octanol–water partition coefficient (Wildman–Crippen LogP) is 4.09. The van der Waals surface area contributed by atoms with Gasteiger partial charge in [0, 0.05) is 18.3 Å². The number of likely N-dealkylation sites (N-methyl/N-ethyl adjacent to an activating group) is 1. The Hall–Kier alpha value is -1.35. The molecule has 0 heterocycles. The van der Waals surface area contributed by atoms with Crippen molar-refractivity contribution in [1.29, 1.82) is 0 Å². The first kappa shape index (κ1) is 17.7. The lowest BCUT2D eigenvalue weighted by Gasteiger charge is -2.28. The van der Waals surface area contributed by atoms with Crippen molar-refractivity contribution in [3.8, 4) is 0 Å². The van der Waals surface area contributed by atoms with Crippen LogP contribution in [0.4, 0.5) is 5.69 Å². The van der Waals surface area contributed by atoms with E-state index in [1.165, 1.54) is 37.7 Å². The van der Waals surface area contributed by atoms with Crippen LogP contribution in [0.15, 0.2) is 24.3 Å². The standard InChI is InChI=1S/C18H30N2O/c1-4-6-11-17(9-5-2)20(3)14-13-16-10-7-8-12-18(16)19-15-21/h7-8,10,12,15,17H,4-6,9,11,13-14H2,1-3H3,(H,19,21). The van der Waals surface area contributed by atoms with Crippen molar-refractivity contribution in [2.75, 3.05) is 18.9 Å². The quantitative estimate of drug-likeness (QED) is 0.623. The van der Waals surface area contributed by atoms with Gasteiger partial charge in [-0.15, -0.1) is 0 Å². The molecule has 1 aromatic rings. The Bertz CT molecular complexity index is 406. The molecule has 0 aliphatic rings. The number of benzene rings is 1. The van der Waals surface area contributed by atoms with Crippen LogP contribution in [0, 0.1) is 0 Å². The van der Waals surface area contributed by atoms with E-state index in [0.29, 0.717) is 6.04 Å². The van der Waals surface area contributed by atoms with Crippen LogP contribution in [0.5, 0.6) is 0 Å². The molecule has 0 radical (unpaired) electrons. The molecule has 1 N–H and O–H groups in total. The van der Waals surface area contributed by atoms with Gasteiger partial charge in [0.05, 0.1) is 0 Å². The first-order valence-electron chi connectivity index (χ1n) is 8.21. The highest BCUT2D eigenvalue weighted by molar-refractivity contribution is 5.73. The van der Waals surface area contributed by atoms with Gasteiger partial charge in [-0.1, -0.05) is 51.3 Å². The van der Waals surface area contributed by atoms with Crippen LogP contribution in [0.2, 0.25) is 0 Å². The highest BCUT2D eigenvalue weighted by Gasteiger charge is 2.13. The topological polar surface area (TPSA) is 32.3 Å². The summed E-state index contributed by atoms with van der Waals surface area (Å²) in [4.78, 5) is 13.1. The lowest BCUT2D eigenvalue weighted by atomic mass is 10.0. The first-order valence-corrected chi connectivity index (χ1v) is 8.21. The maximum atomic E-state index is 10.7. The van der Waals surface area contributed by atoms with E-state index < -0.39 is 0 Å². The van der Waals surface area contributed by atoms with E-state index in [1.807, 2.05) is 18.2 Å². The molecule has 1 amide bonds. The molecule has 0 saturated carbocycles. The molecule has 118 valence electrons. The van der Waals surface area contributed by atoms with Crippen LogP contribution in [-0.4, -0.2) is 30.9 Å². The molecule has 3 heteroatoms. The first-order chi connectivity index (χ1) is 10.2. The van der Waals surface area contributed by atoms with Gasteiger partial charge in [0.25, 0.3) is 0 Å². The molecule has 1 aromatic carbocycles. The van der Waals surface area contributed by atoms with Gasteiger partial charge in [0.2, 0.25) is 6.41 Å². The SMILES string of the molecule is CCCCC(CCC)N(C)CCc1ccccc1NC=O. The minimum Gasteiger partial charge on any atom is -0.328 e. The van der Waals surface area contributed by atoms with Crippen molar-refractivity contribution >= 4 is 12.1 Å². The molecular weight excluding hydrogens is 260 g/mol. The Morgan fingerprint density at radius 2 is 1.95 bits per heavy atom. The summed E-state index contributed by atoms with van der Waals surface area (Å²) in [6.07, 6.45) is 8.09. The molecule has 1 unspecified atom stereocenters. The van der Waals surface area contributed by atoms with Crippen molar-refractivity contribution in [1.82, 2.24) is 4.90 Å². The maximum Gasteiger partial charge on any atom is 0.211 e. The second-order valence-corrected chi connectivity index (χ2v) is 5.73. The average Bonchev–Trinajstić information content (AvgIpc) is 2.50. The van der Waals surface area contributed by atoms with Crippen LogP contribution in [0.1, 0.15) is 51.5 Å². The Labute approximate surface area is 129 Å². The van der Waals surface area contributed by atoms with E-state index in [4.69, 9.17) is 0 Å². The molecule has 0 aromatic heterocycles. The fourth-order valence-corrected chi connectivity index (χ4v) is 2.78. The van der Waals surface area contributed by atoms with Crippen LogP contribution < -0.4 is 5.32 Å². The molecule has 0 saturated heterocycles. The normalized spacial score (nSPS) is 12.4. The Balaban J connectivity index is 2.57. The minimum absolute atomic E-state index is 0.682. The summed E-state index contributed by atoms with van der Waals surface area (Å²) in [5, 5.41) is 2.79. The lowest BCUT2D eigenvalue weighted by molar-refractivity contribution is -0.105. The Morgan fingerprint density at radius 3 is 2.62 bits per heavy atom. The lowest BCUT2D eigenvalue weighted by Crippen LogP contribution is -2.33. The maximum absolute atomic E-state index is 10.7. The monoisotopic (exact) mass is 290 g/mol.